The molecule has 3 N–H and O–H groups in total. The van der Waals surface area contributed by atoms with Crippen LogP contribution in [0.2, 0.25) is 0 Å². The highest BCUT2D eigenvalue weighted by Crippen LogP contribution is 2.29. The van der Waals surface area contributed by atoms with Gasteiger partial charge >= 0.3 is 5.97 Å². The van der Waals surface area contributed by atoms with Gasteiger partial charge in [-0.05, 0) is 37.5 Å². The van der Waals surface area contributed by atoms with Gasteiger partial charge in [-0.2, -0.15) is 0 Å². The second-order valence-electron chi connectivity index (χ2n) is 6.81. The molecule has 0 aliphatic heterocycles. The van der Waals surface area contributed by atoms with Crippen molar-refractivity contribution < 1.29 is 29.0 Å². The van der Waals surface area contributed by atoms with Crippen LogP contribution >= 0.6 is 0 Å². The van der Waals surface area contributed by atoms with E-state index >= 15 is 0 Å². The predicted octanol–water partition coefficient (Wildman–Crippen LogP) is 2.15. The molecular weight excluding hydrogens is 376 g/mol. The smallest absolute Gasteiger partial charge is 0.326 e. The highest BCUT2D eigenvalue weighted by Gasteiger charge is 2.29. The second kappa shape index (κ2) is 11.9. The molecule has 0 heterocycles. The van der Waals surface area contributed by atoms with Gasteiger partial charge in [-0.15, -0.1) is 0 Å². The van der Waals surface area contributed by atoms with Gasteiger partial charge in [0, 0.05) is 13.3 Å². The maximum absolute atomic E-state index is 12.7. The summed E-state index contributed by atoms with van der Waals surface area (Å²) in [6.45, 7) is 9.69. The number of carbonyl (C=O) groups is 3. The third kappa shape index (κ3) is 7.63. The number of hydrogen-bond donors (Lipinski definition) is 3. The first-order chi connectivity index (χ1) is 13.7. The second-order valence-corrected chi connectivity index (χ2v) is 6.81. The minimum Gasteiger partial charge on any atom is -0.490 e. The Labute approximate surface area is 172 Å². The van der Waals surface area contributed by atoms with Crippen LogP contribution in [0.25, 0.3) is 0 Å². The number of benzene rings is 1. The van der Waals surface area contributed by atoms with Crippen LogP contribution < -0.4 is 20.1 Å². The van der Waals surface area contributed by atoms with Crippen molar-refractivity contribution in [1.82, 2.24) is 10.6 Å². The first-order valence-electron chi connectivity index (χ1n) is 9.92. The fourth-order valence-electron chi connectivity index (χ4n) is 2.84. The number of carboxylic acids is 1. The number of rotatable bonds is 12. The molecule has 0 saturated carbocycles. The minimum absolute atomic E-state index is 0.0703. The summed E-state index contributed by atoms with van der Waals surface area (Å²) in [7, 11) is 0. The maximum Gasteiger partial charge on any atom is 0.326 e. The Kier molecular flexibility index (Phi) is 9.99. The molecule has 0 radical (unpaired) electrons. The van der Waals surface area contributed by atoms with Crippen LogP contribution in [0.1, 0.15) is 46.6 Å². The highest BCUT2D eigenvalue weighted by molar-refractivity contribution is 5.90. The molecule has 2 amide bonds. The van der Waals surface area contributed by atoms with Gasteiger partial charge in [-0.3, -0.25) is 9.59 Å². The van der Waals surface area contributed by atoms with Crippen molar-refractivity contribution in [2.24, 2.45) is 5.92 Å². The molecule has 1 aromatic rings. The van der Waals surface area contributed by atoms with E-state index in [9.17, 15) is 19.5 Å². The summed E-state index contributed by atoms with van der Waals surface area (Å²) >= 11 is 0. The van der Waals surface area contributed by atoms with E-state index in [1.54, 1.807) is 18.2 Å². The van der Waals surface area contributed by atoms with E-state index in [0.717, 1.165) is 0 Å². The van der Waals surface area contributed by atoms with Gasteiger partial charge < -0.3 is 25.2 Å². The molecule has 8 heteroatoms. The monoisotopic (exact) mass is 408 g/mol. The van der Waals surface area contributed by atoms with Crippen molar-refractivity contribution in [2.75, 3.05) is 13.2 Å². The first kappa shape index (κ1) is 24.3. The molecule has 1 rings (SSSR count). The number of ether oxygens (including phenoxy) is 2. The Morgan fingerprint density at radius 1 is 1.03 bits per heavy atom. The molecule has 8 nitrogen and oxygen atoms in total. The van der Waals surface area contributed by atoms with E-state index in [-0.39, 0.29) is 18.2 Å². The summed E-state index contributed by atoms with van der Waals surface area (Å²) in [5.41, 5.74) is 0.684. The third-order valence-electron chi connectivity index (χ3n) is 4.52. The van der Waals surface area contributed by atoms with Crippen molar-refractivity contribution in [2.45, 2.75) is 59.5 Å². The van der Waals surface area contributed by atoms with Gasteiger partial charge in [0.1, 0.15) is 12.1 Å². The van der Waals surface area contributed by atoms with Gasteiger partial charge in [0.15, 0.2) is 11.5 Å². The average molecular weight is 408 g/mol. The van der Waals surface area contributed by atoms with E-state index in [4.69, 9.17) is 9.47 Å². The van der Waals surface area contributed by atoms with E-state index in [1.807, 2.05) is 27.7 Å². The van der Waals surface area contributed by atoms with Crippen LogP contribution in [0.15, 0.2) is 18.2 Å². The lowest BCUT2D eigenvalue weighted by molar-refractivity contribution is -0.142. The molecule has 1 unspecified atom stereocenters. The number of aliphatic carboxylic acids is 1. The summed E-state index contributed by atoms with van der Waals surface area (Å²) in [6.07, 6.45) is 0.730. The van der Waals surface area contributed by atoms with E-state index < -0.39 is 24.0 Å². The summed E-state index contributed by atoms with van der Waals surface area (Å²) in [5, 5.41) is 14.8. The van der Waals surface area contributed by atoms with E-state index in [2.05, 4.69) is 10.6 Å². The Balaban J connectivity index is 3.00. The van der Waals surface area contributed by atoms with Crippen molar-refractivity contribution in [3.8, 4) is 11.5 Å². The Morgan fingerprint density at radius 3 is 2.17 bits per heavy atom. The fraction of sp³-hybridized carbons (Fsp3) is 0.571. The largest absolute Gasteiger partial charge is 0.490 e. The molecule has 162 valence electrons. The molecule has 0 spiro atoms. The zero-order chi connectivity index (χ0) is 22.0. The lowest BCUT2D eigenvalue weighted by Gasteiger charge is -2.25. The molecule has 0 aromatic heterocycles. The van der Waals surface area contributed by atoms with Crippen LogP contribution in [0.4, 0.5) is 0 Å². The average Bonchev–Trinajstić information content (AvgIpc) is 2.66. The summed E-state index contributed by atoms with van der Waals surface area (Å²) in [5.74, 6) is -1.04. The maximum atomic E-state index is 12.7. The van der Waals surface area contributed by atoms with Crippen LogP contribution in [0.5, 0.6) is 11.5 Å². The Hall–Kier alpha value is -2.77. The van der Waals surface area contributed by atoms with Crippen LogP contribution in [-0.4, -0.2) is 48.2 Å². The first-order valence-corrected chi connectivity index (χ1v) is 9.92. The lowest BCUT2D eigenvalue weighted by Crippen LogP contribution is -2.54. The number of carboxylic acid groups (broad SMARTS) is 1. The van der Waals surface area contributed by atoms with Crippen LogP contribution in [-0.2, 0) is 20.8 Å². The molecule has 1 aromatic carbocycles. The molecule has 29 heavy (non-hydrogen) atoms. The third-order valence-corrected chi connectivity index (χ3v) is 4.52. The van der Waals surface area contributed by atoms with Crippen LogP contribution in [0.3, 0.4) is 0 Å². The van der Waals surface area contributed by atoms with Crippen molar-refractivity contribution in [3.05, 3.63) is 23.8 Å². The quantitative estimate of drug-likeness (QED) is 0.488. The summed E-state index contributed by atoms with van der Waals surface area (Å²) in [6, 6.07) is 3.25. The van der Waals surface area contributed by atoms with E-state index in [1.165, 1.54) is 6.92 Å². The predicted molar refractivity (Wildman–Crippen MR) is 109 cm³/mol. The van der Waals surface area contributed by atoms with Gasteiger partial charge in [0.05, 0.1) is 13.2 Å². The SMILES string of the molecule is CCOc1ccc(CC(NC(=O)[C@@H](NC(C)=O)[C@@H](C)CC)C(=O)O)cc1OCC. The minimum atomic E-state index is -1.16. The lowest BCUT2D eigenvalue weighted by atomic mass is 9.97. The molecule has 3 atom stereocenters. The molecule has 0 saturated heterocycles. The number of nitrogens with one attached hydrogen (secondary N) is 2. The fourth-order valence-corrected chi connectivity index (χ4v) is 2.84. The van der Waals surface area contributed by atoms with Crippen molar-refractivity contribution in [3.63, 3.8) is 0 Å². The normalized spacial score (nSPS) is 13.7. The van der Waals surface area contributed by atoms with Crippen molar-refractivity contribution >= 4 is 17.8 Å². The molecule has 0 bridgehead atoms. The van der Waals surface area contributed by atoms with Gasteiger partial charge in [0.2, 0.25) is 11.8 Å². The van der Waals surface area contributed by atoms with Gasteiger partial charge in [-0.25, -0.2) is 4.79 Å². The summed E-state index contributed by atoms with van der Waals surface area (Å²) < 4.78 is 11.1. The number of hydrogen-bond acceptors (Lipinski definition) is 5. The zero-order valence-corrected chi connectivity index (χ0v) is 17.8. The van der Waals surface area contributed by atoms with Gasteiger partial charge in [0.25, 0.3) is 0 Å². The molecule has 0 aliphatic rings. The Morgan fingerprint density at radius 2 is 1.66 bits per heavy atom. The molecular formula is C21H32N2O6. The topological polar surface area (TPSA) is 114 Å². The summed E-state index contributed by atoms with van der Waals surface area (Å²) in [4.78, 5) is 35.8. The van der Waals surface area contributed by atoms with Gasteiger partial charge in [-0.1, -0.05) is 26.3 Å². The number of amides is 2. The molecule has 0 fully saturated rings. The number of carbonyl (C=O) groups excluding carboxylic acids is 2. The standard InChI is InChI=1S/C21H32N2O6/c1-6-13(4)19(22-14(5)24)20(25)23-16(21(26)27)11-15-9-10-17(28-7-2)18(12-15)29-8-3/h9-10,12-13,16,19H,6-8,11H2,1-5H3,(H,22,24)(H,23,25)(H,26,27)/t13-,16?,19-/m0/s1. The zero-order valence-electron chi connectivity index (χ0n) is 17.8. The van der Waals surface area contributed by atoms with Crippen molar-refractivity contribution in [1.29, 1.82) is 0 Å². The highest BCUT2D eigenvalue weighted by atomic mass is 16.5. The van der Waals surface area contributed by atoms with E-state index in [0.29, 0.717) is 36.7 Å². The van der Waals surface area contributed by atoms with Crippen LogP contribution in [0, 0.1) is 5.92 Å². The Bertz CT molecular complexity index is 706. The molecule has 0 aliphatic carbocycles.